The number of nitrogens with one attached hydrogen (secondary N) is 2. The molecule has 2 aromatic heterocycles. The first-order valence-corrected chi connectivity index (χ1v) is 12.6. The third-order valence-electron chi connectivity index (χ3n) is 6.25. The maximum atomic E-state index is 13.2. The molecule has 0 fully saturated rings. The number of pyridine rings is 1. The largest absolute Gasteiger partial charge is 0.380 e. The van der Waals surface area contributed by atoms with Gasteiger partial charge in [-0.15, -0.1) is 11.3 Å². The predicted molar refractivity (Wildman–Crippen MR) is 138 cm³/mol. The van der Waals surface area contributed by atoms with Gasteiger partial charge in [-0.1, -0.05) is 30.3 Å². The fourth-order valence-corrected chi connectivity index (χ4v) is 5.79. The molecule has 0 aliphatic heterocycles. The smallest absolute Gasteiger partial charge is 0.269 e. The van der Waals surface area contributed by atoms with E-state index in [4.69, 9.17) is 4.74 Å². The van der Waals surface area contributed by atoms with E-state index in [1.165, 1.54) is 23.0 Å². The first-order chi connectivity index (χ1) is 17.4. The minimum atomic E-state index is -0.536. The zero-order chi connectivity index (χ0) is 25.7. The Labute approximate surface area is 213 Å². The number of nitrogens with zero attached hydrogens (tertiary/aromatic N) is 2. The molecule has 1 aromatic carbocycles. The standard InChI is InChI=1S/C27H28N4O4S/c1-17-12-19(16-35-2)21(13-28)27(34)31(17)15-23(32)30-26-24(20-10-6-7-11-22(20)36-26)25(33)29-14-18-8-4-3-5-9-18/h3-5,8-9,12H,6-7,10-11,14-16H2,1-2H3,(H,29,33)(H,30,32). The van der Waals surface area contributed by atoms with Gasteiger partial charge in [0.15, 0.2) is 0 Å². The molecule has 0 spiro atoms. The van der Waals surface area contributed by atoms with Crippen LogP contribution in [0.25, 0.3) is 0 Å². The molecule has 2 amide bonds. The van der Waals surface area contributed by atoms with E-state index in [0.717, 1.165) is 41.7 Å². The highest BCUT2D eigenvalue weighted by Crippen LogP contribution is 2.38. The van der Waals surface area contributed by atoms with Crippen molar-refractivity contribution in [2.45, 2.75) is 52.3 Å². The summed E-state index contributed by atoms with van der Waals surface area (Å²) in [5.41, 5.74) is 2.96. The summed E-state index contributed by atoms with van der Waals surface area (Å²) in [6.07, 6.45) is 3.71. The van der Waals surface area contributed by atoms with Crippen LogP contribution in [-0.2, 0) is 42.1 Å². The van der Waals surface area contributed by atoms with E-state index in [9.17, 15) is 19.6 Å². The Morgan fingerprint density at radius 2 is 1.94 bits per heavy atom. The van der Waals surface area contributed by atoms with Crippen molar-refractivity contribution in [3.63, 3.8) is 0 Å². The van der Waals surface area contributed by atoms with E-state index >= 15 is 0 Å². The zero-order valence-corrected chi connectivity index (χ0v) is 21.2. The van der Waals surface area contributed by atoms with Gasteiger partial charge in [-0.25, -0.2) is 0 Å². The third kappa shape index (κ3) is 5.40. The van der Waals surface area contributed by atoms with Crippen molar-refractivity contribution in [3.05, 3.63) is 85.1 Å². The number of methoxy groups -OCH3 is 1. The van der Waals surface area contributed by atoms with Gasteiger partial charge in [0.05, 0.1) is 12.2 Å². The molecule has 0 saturated carbocycles. The van der Waals surface area contributed by atoms with Crippen LogP contribution in [0.1, 0.15) is 56.0 Å². The summed E-state index contributed by atoms with van der Waals surface area (Å²) in [6.45, 7) is 1.97. The van der Waals surface area contributed by atoms with Crippen molar-refractivity contribution in [1.82, 2.24) is 9.88 Å². The van der Waals surface area contributed by atoms with Gasteiger partial charge in [0, 0.05) is 29.8 Å². The second-order valence-electron chi connectivity index (χ2n) is 8.75. The average molecular weight is 505 g/mol. The number of carbonyl (C=O) groups excluding carboxylic acids is 2. The van der Waals surface area contributed by atoms with Crippen molar-refractivity contribution < 1.29 is 14.3 Å². The Morgan fingerprint density at radius 3 is 2.67 bits per heavy atom. The number of hydrogen-bond acceptors (Lipinski definition) is 6. The second kappa shape index (κ2) is 11.3. The summed E-state index contributed by atoms with van der Waals surface area (Å²) in [4.78, 5) is 40.3. The van der Waals surface area contributed by atoms with Gasteiger partial charge in [-0.3, -0.25) is 14.4 Å². The molecular formula is C27H28N4O4S. The molecule has 3 aromatic rings. The van der Waals surface area contributed by atoms with Crippen LogP contribution in [0, 0.1) is 18.3 Å². The van der Waals surface area contributed by atoms with Crippen LogP contribution in [-0.4, -0.2) is 23.5 Å². The van der Waals surface area contributed by atoms with Crippen LogP contribution in [0.3, 0.4) is 0 Å². The number of anilines is 1. The molecule has 0 atom stereocenters. The summed E-state index contributed by atoms with van der Waals surface area (Å²) in [5, 5.41) is 15.8. The number of thiophene rings is 1. The van der Waals surface area contributed by atoms with Crippen LogP contribution < -0.4 is 16.2 Å². The van der Waals surface area contributed by atoms with Crippen molar-refractivity contribution in [3.8, 4) is 6.07 Å². The number of amides is 2. The molecule has 4 rings (SSSR count). The van der Waals surface area contributed by atoms with E-state index in [1.807, 2.05) is 36.4 Å². The number of benzene rings is 1. The van der Waals surface area contributed by atoms with Crippen molar-refractivity contribution in [2.75, 3.05) is 12.4 Å². The average Bonchev–Trinajstić information content (AvgIpc) is 3.24. The highest BCUT2D eigenvalue weighted by Gasteiger charge is 2.26. The van der Waals surface area contributed by atoms with E-state index in [1.54, 1.807) is 13.0 Å². The van der Waals surface area contributed by atoms with Crippen LogP contribution in [0.2, 0.25) is 0 Å². The summed E-state index contributed by atoms with van der Waals surface area (Å²) in [6, 6.07) is 13.3. The molecule has 2 N–H and O–H groups in total. The summed E-state index contributed by atoms with van der Waals surface area (Å²) >= 11 is 1.43. The van der Waals surface area contributed by atoms with Crippen molar-refractivity contribution in [1.29, 1.82) is 5.26 Å². The van der Waals surface area contributed by atoms with Crippen LogP contribution in [0.15, 0.2) is 41.2 Å². The molecule has 0 unspecified atom stereocenters. The first-order valence-electron chi connectivity index (χ1n) is 11.8. The molecule has 186 valence electrons. The first kappa shape index (κ1) is 25.4. The minimum Gasteiger partial charge on any atom is -0.380 e. The van der Waals surface area contributed by atoms with E-state index in [-0.39, 0.29) is 24.6 Å². The lowest BCUT2D eigenvalue weighted by atomic mass is 9.95. The molecule has 1 aliphatic rings. The Morgan fingerprint density at radius 1 is 1.19 bits per heavy atom. The fourth-order valence-electron chi connectivity index (χ4n) is 4.49. The van der Waals surface area contributed by atoms with Gasteiger partial charge in [0.1, 0.15) is 23.2 Å². The molecule has 0 radical (unpaired) electrons. The van der Waals surface area contributed by atoms with Crippen molar-refractivity contribution in [2.24, 2.45) is 0 Å². The number of carbonyl (C=O) groups is 2. The molecule has 9 heteroatoms. The van der Waals surface area contributed by atoms with E-state index < -0.39 is 11.5 Å². The summed E-state index contributed by atoms with van der Waals surface area (Å²) in [7, 11) is 1.49. The number of ether oxygens (including phenoxy) is 1. The summed E-state index contributed by atoms with van der Waals surface area (Å²) < 4.78 is 6.36. The van der Waals surface area contributed by atoms with Crippen molar-refractivity contribution >= 4 is 28.2 Å². The number of rotatable bonds is 8. The Balaban J connectivity index is 1.58. The highest BCUT2D eigenvalue weighted by atomic mass is 32.1. The number of fused-ring (bicyclic) bond motifs is 1. The SMILES string of the molecule is COCc1cc(C)n(CC(=O)Nc2sc3c(c2C(=O)NCc2ccccc2)CCCC3)c(=O)c1C#N. The Kier molecular flexibility index (Phi) is 7.98. The Hall–Kier alpha value is -3.74. The van der Waals surface area contributed by atoms with E-state index in [0.29, 0.717) is 28.4 Å². The molecule has 1 aliphatic carbocycles. The van der Waals surface area contributed by atoms with Gasteiger partial charge in [0.25, 0.3) is 11.5 Å². The lowest BCUT2D eigenvalue weighted by Gasteiger charge is -2.14. The Bertz CT molecular complexity index is 1390. The molecule has 8 nitrogen and oxygen atoms in total. The molecule has 0 bridgehead atoms. The van der Waals surface area contributed by atoms with Crippen LogP contribution >= 0.6 is 11.3 Å². The maximum Gasteiger partial charge on any atom is 0.269 e. The molecule has 0 saturated heterocycles. The molecule has 36 heavy (non-hydrogen) atoms. The number of aromatic nitrogens is 1. The highest BCUT2D eigenvalue weighted by molar-refractivity contribution is 7.17. The van der Waals surface area contributed by atoms with Gasteiger partial charge in [-0.05, 0) is 49.8 Å². The van der Waals surface area contributed by atoms with E-state index in [2.05, 4.69) is 10.6 Å². The van der Waals surface area contributed by atoms with Crippen LogP contribution in [0.5, 0.6) is 0 Å². The van der Waals surface area contributed by atoms with Gasteiger partial charge < -0.3 is 19.9 Å². The van der Waals surface area contributed by atoms with Gasteiger partial charge in [-0.2, -0.15) is 5.26 Å². The lowest BCUT2D eigenvalue weighted by molar-refractivity contribution is -0.116. The molecular weight excluding hydrogens is 476 g/mol. The second-order valence-corrected chi connectivity index (χ2v) is 9.86. The number of nitriles is 1. The summed E-state index contributed by atoms with van der Waals surface area (Å²) in [5.74, 6) is -0.656. The fraction of sp³-hybridized carbons (Fsp3) is 0.333. The monoisotopic (exact) mass is 504 g/mol. The minimum absolute atomic E-state index is 0.0391. The predicted octanol–water partition coefficient (Wildman–Crippen LogP) is 3.68. The quantitative estimate of drug-likeness (QED) is 0.486. The topological polar surface area (TPSA) is 113 Å². The molecule has 2 heterocycles. The van der Waals surface area contributed by atoms with Gasteiger partial charge in [0.2, 0.25) is 5.91 Å². The lowest BCUT2D eigenvalue weighted by Crippen LogP contribution is -2.32. The van der Waals surface area contributed by atoms with Gasteiger partial charge >= 0.3 is 0 Å². The number of hydrogen-bond donors (Lipinski definition) is 2. The normalized spacial score (nSPS) is 12.5. The maximum absolute atomic E-state index is 13.2. The number of aryl methyl sites for hydroxylation is 2. The van der Waals surface area contributed by atoms with Crippen LogP contribution in [0.4, 0.5) is 5.00 Å². The third-order valence-corrected chi connectivity index (χ3v) is 7.46. The zero-order valence-electron chi connectivity index (χ0n) is 20.3.